The minimum Gasteiger partial charge on any atom is -0.494 e. The summed E-state index contributed by atoms with van der Waals surface area (Å²) in [4.78, 5) is 13.8. The summed E-state index contributed by atoms with van der Waals surface area (Å²) in [6.07, 6.45) is 9.10. The van der Waals surface area contributed by atoms with Gasteiger partial charge in [0.25, 0.3) is 5.91 Å². The molecule has 3 aromatic heterocycles. The Labute approximate surface area is 185 Å². The van der Waals surface area contributed by atoms with Crippen molar-refractivity contribution in [3.05, 3.63) is 66.2 Å². The number of pyridine rings is 1. The fourth-order valence-electron chi connectivity index (χ4n) is 3.66. The Morgan fingerprint density at radius 1 is 1.22 bits per heavy atom. The smallest absolute Gasteiger partial charge is 0.253 e. The van der Waals surface area contributed by atoms with Gasteiger partial charge in [-0.2, -0.15) is 15.5 Å². The van der Waals surface area contributed by atoms with Gasteiger partial charge in [-0.1, -0.05) is 6.07 Å². The van der Waals surface area contributed by atoms with Crippen molar-refractivity contribution < 1.29 is 9.53 Å². The zero-order chi connectivity index (χ0) is 22.5. The number of fused-ring (bicyclic) bond motifs is 1. The van der Waals surface area contributed by atoms with Crippen LogP contribution in [0.15, 0.2) is 55.1 Å². The molecule has 32 heavy (non-hydrogen) atoms. The molecule has 3 N–H and O–H groups in total. The molecule has 0 spiro atoms. The number of aromatic amines is 1. The molecule has 9 nitrogen and oxygen atoms in total. The Balaban J connectivity index is 0.000000158. The number of nitrogens with two attached hydrogens (primary N) is 1. The molecule has 0 unspecified atom stereocenters. The van der Waals surface area contributed by atoms with Gasteiger partial charge in [-0.15, -0.1) is 0 Å². The first kappa shape index (κ1) is 20.9. The van der Waals surface area contributed by atoms with Gasteiger partial charge in [0.1, 0.15) is 22.9 Å². The number of ether oxygens (including phenoxy) is 1. The Morgan fingerprint density at radius 3 is 2.69 bits per heavy atom. The van der Waals surface area contributed by atoms with Gasteiger partial charge in [0.2, 0.25) is 0 Å². The molecule has 9 heteroatoms. The SMILES string of the molecule is COc1cc(-c2cn[nH]c2)cn2ncc(C#N)c12.Nc1cccc(C(=O)N2CCCC2)c1. The van der Waals surface area contributed by atoms with Gasteiger partial charge < -0.3 is 15.4 Å². The highest BCUT2D eigenvalue weighted by Crippen LogP contribution is 2.29. The maximum Gasteiger partial charge on any atom is 0.253 e. The number of benzene rings is 1. The van der Waals surface area contributed by atoms with Crippen LogP contribution in [0.25, 0.3) is 16.6 Å². The number of methoxy groups -OCH3 is 1. The zero-order valence-corrected chi connectivity index (χ0v) is 17.7. The molecule has 5 rings (SSSR count). The molecular weight excluding hydrogens is 406 g/mol. The number of nitrogens with zero attached hydrogens (tertiary/aromatic N) is 5. The minimum atomic E-state index is 0.106. The Bertz CT molecular complexity index is 1270. The average molecular weight is 429 g/mol. The molecule has 4 heterocycles. The third-order valence-electron chi connectivity index (χ3n) is 5.28. The summed E-state index contributed by atoms with van der Waals surface area (Å²) in [6, 6.07) is 11.1. The number of likely N-dealkylation sites (tertiary alicyclic amines) is 1. The Hall–Kier alpha value is -4.32. The fraction of sp³-hybridized carbons (Fsp3) is 0.217. The lowest BCUT2D eigenvalue weighted by atomic mass is 10.1. The van der Waals surface area contributed by atoms with Gasteiger partial charge >= 0.3 is 0 Å². The molecule has 1 saturated heterocycles. The van der Waals surface area contributed by atoms with Crippen molar-refractivity contribution in [2.24, 2.45) is 0 Å². The number of rotatable bonds is 3. The lowest BCUT2D eigenvalue weighted by Crippen LogP contribution is -2.27. The number of hydrogen-bond donors (Lipinski definition) is 2. The first-order chi connectivity index (χ1) is 15.6. The van der Waals surface area contributed by atoms with Gasteiger partial charge in [0.05, 0.1) is 19.5 Å². The molecule has 1 aromatic carbocycles. The van der Waals surface area contributed by atoms with E-state index in [1.54, 1.807) is 36.2 Å². The lowest BCUT2D eigenvalue weighted by molar-refractivity contribution is 0.0793. The first-order valence-corrected chi connectivity index (χ1v) is 10.2. The molecule has 0 aliphatic carbocycles. The summed E-state index contributed by atoms with van der Waals surface area (Å²) < 4.78 is 6.96. The third kappa shape index (κ3) is 4.25. The monoisotopic (exact) mass is 429 g/mol. The predicted octanol–water partition coefficient (Wildman–Crippen LogP) is 3.11. The topological polar surface area (TPSA) is 125 Å². The van der Waals surface area contributed by atoms with Gasteiger partial charge in [0.15, 0.2) is 0 Å². The molecule has 4 aromatic rings. The molecule has 1 aliphatic rings. The van der Waals surface area contributed by atoms with Crippen LogP contribution in [0.4, 0.5) is 5.69 Å². The summed E-state index contributed by atoms with van der Waals surface area (Å²) in [5, 5.41) is 19.8. The number of nitrogens with one attached hydrogen (secondary N) is 1. The van der Waals surface area contributed by atoms with Gasteiger partial charge in [0, 0.05) is 47.9 Å². The van der Waals surface area contributed by atoms with E-state index >= 15 is 0 Å². The van der Waals surface area contributed by atoms with E-state index in [1.807, 2.05) is 29.3 Å². The highest BCUT2D eigenvalue weighted by atomic mass is 16.5. The van der Waals surface area contributed by atoms with Gasteiger partial charge in [-0.3, -0.25) is 9.89 Å². The molecule has 0 saturated carbocycles. The van der Waals surface area contributed by atoms with E-state index in [-0.39, 0.29) is 5.91 Å². The summed E-state index contributed by atoms with van der Waals surface area (Å²) in [5.41, 5.74) is 9.99. The van der Waals surface area contributed by atoms with Crippen LogP contribution < -0.4 is 10.5 Å². The van der Waals surface area contributed by atoms with Crippen LogP contribution in [-0.4, -0.2) is 50.8 Å². The second-order valence-corrected chi connectivity index (χ2v) is 7.37. The zero-order valence-electron chi connectivity index (χ0n) is 17.7. The maximum atomic E-state index is 11.9. The summed E-state index contributed by atoms with van der Waals surface area (Å²) in [6.45, 7) is 1.77. The standard InChI is InChI=1S/C12H9N5O.C11H14N2O/c1-18-11-2-8(10-4-14-15-5-10)7-17-12(11)9(3-13)6-16-17;12-10-5-3-4-9(8-10)11(14)13-6-1-2-7-13/h2,4-7H,1H3,(H,14,15);3-5,8H,1-2,6-7,12H2. The molecule has 1 amide bonds. The van der Waals surface area contributed by atoms with Crippen LogP contribution in [0.3, 0.4) is 0 Å². The largest absolute Gasteiger partial charge is 0.494 e. The van der Waals surface area contributed by atoms with Crippen molar-refractivity contribution in [2.45, 2.75) is 12.8 Å². The minimum absolute atomic E-state index is 0.106. The van der Waals surface area contributed by atoms with Gasteiger partial charge in [-0.25, -0.2) is 4.52 Å². The number of carbonyl (C=O) groups is 1. The quantitative estimate of drug-likeness (QED) is 0.482. The van der Waals surface area contributed by atoms with Crippen LogP contribution in [0.2, 0.25) is 0 Å². The van der Waals surface area contributed by atoms with Crippen LogP contribution in [0, 0.1) is 11.3 Å². The Kier molecular flexibility index (Phi) is 6.03. The molecule has 0 bridgehead atoms. The van der Waals surface area contributed by atoms with Gasteiger partial charge in [-0.05, 0) is 37.1 Å². The van der Waals surface area contributed by atoms with E-state index in [2.05, 4.69) is 21.4 Å². The van der Waals surface area contributed by atoms with Crippen LogP contribution in [0.5, 0.6) is 5.75 Å². The number of hydrogen-bond acceptors (Lipinski definition) is 6. The van der Waals surface area contributed by atoms with E-state index < -0.39 is 0 Å². The van der Waals surface area contributed by atoms with E-state index in [0.717, 1.165) is 37.1 Å². The molecule has 1 fully saturated rings. The summed E-state index contributed by atoms with van der Waals surface area (Å²) >= 11 is 0. The van der Waals surface area contributed by atoms with E-state index in [1.165, 1.54) is 6.20 Å². The Morgan fingerprint density at radius 2 is 2.03 bits per heavy atom. The van der Waals surface area contributed by atoms with Crippen LogP contribution >= 0.6 is 0 Å². The molecule has 0 atom stereocenters. The molecule has 162 valence electrons. The predicted molar refractivity (Wildman–Crippen MR) is 120 cm³/mol. The number of anilines is 1. The number of aromatic nitrogens is 4. The highest BCUT2D eigenvalue weighted by molar-refractivity contribution is 5.95. The van der Waals surface area contributed by atoms with Crippen molar-refractivity contribution in [2.75, 3.05) is 25.9 Å². The average Bonchev–Trinajstić information content (AvgIpc) is 3.59. The first-order valence-electron chi connectivity index (χ1n) is 10.2. The number of nitriles is 1. The third-order valence-corrected chi connectivity index (χ3v) is 5.28. The van der Waals surface area contributed by atoms with Crippen LogP contribution in [0.1, 0.15) is 28.8 Å². The van der Waals surface area contributed by atoms with Crippen molar-refractivity contribution >= 4 is 17.1 Å². The molecule has 1 aliphatic heterocycles. The summed E-state index contributed by atoms with van der Waals surface area (Å²) in [7, 11) is 1.57. The number of H-pyrrole nitrogens is 1. The number of amides is 1. The molecular formula is C23H23N7O2. The second-order valence-electron chi connectivity index (χ2n) is 7.37. The van der Waals surface area contributed by atoms with E-state index in [0.29, 0.717) is 28.1 Å². The maximum absolute atomic E-state index is 11.9. The summed E-state index contributed by atoms with van der Waals surface area (Å²) in [5.74, 6) is 0.720. The van der Waals surface area contributed by atoms with Crippen LogP contribution in [-0.2, 0) is 0 Å². The van der Waals surface area contributed by atoms with Crippen molar-refractivity contribution in [3.63, 3.8) is 0 Å². The van der Waals surface area contributed by atoms with E-state index in [9.17, 15) is 4.79 Å². The second kappa shape index (κ2) is 9.22. The van der Waals surface area contributed by atoms with Crippen molar-refractivity contribution in [1.29, 1.82) is 5.26 Å². The normalized spacial score (nSPS) is 12.8. The van der Waals surface area contributed by atoms with Crippen molar-refractivity contribution in [3.8, 4) is 22.9 Å². The van der Waals surface area contributed by atoms with E-state index in [4.69, 9.17) is 15.7 Å². The fourth-order valence-corrected chi connectivity index (χ4v) is 3.66. The molecule has 0 radical (unpaired) electrons. The highest BCUT2D eigenvalue weighted by Gasteiger charge is 2.19. The van der Waals surface area contributed by atoms with Crippen molar-refractivity contribution in [1.82, 2.24) is 24.7 Å². The lowest BCUT2D eigenvalue weighted by Gasteiger charge is -2.15. The number of nitrogen functional groups attached to an aromatic ring is 1. The number of carbonyl (C=O) groups excluding carboxylic acids is 1.